The van der Waals surface area contributed by atoms with Crippen molar-refractivity contribution in [2.45, 2.75) is 0 Å². The Morgan fingerprint density at radius 1 is 1.40 bits per heavy atom. The van der Waals surface area contributed by atoms with Crippen molar-refractivity contribution >= 4 is 17.3 Å². The van der Waals surface area contributed by atoms with E-state index in [0.717, 1.165) is 5.69 Å². The van der Waals surface area contributed by atoms with Crippen molar-refractivity contribution < 1.29 is 5.48 Å². The van der Waals surface area contributed by atoms with Crippen LogP contribution in [0.5, 0.6) is 0 Å². The molecule has 10 heavy (non-hydrogen) atoms. The van der Waals surface area contributed by atoms with Crippen molar-refractivity contribution in [3.63, 3.8) is 0 Å². The summed E-state index contributed by atoms with van der Waals surface area (Å²) in [6, 6.07) is 7.22. The van der Waals surface area contributed by atoms with Gasteiger partial charge in [-0.25, -0.2) is 0 Å². The van der Waals surface area contributed by atoms with E-state index in [4.69, 9.17) is 17.4 Å². The molecule has 0 saturated carbocycles. The molecule has 0 aliphatic heterocycles. The number of anilines is 1. The zero-order chi connectivity index (χ0) is 6.69. The van der Waals surface area contributed by atoms with Crippen LogP contribution in [0.2, 0.25) is 5.02 Å². The molecule has 0 saturated heterocycles. The molecule has 0 aliphatic carbocycles. The van der Waals surface area contributed by atoms with Crippen LogP contribution >= 0.6 is 11.6 Å². The standard InChI is InChI=1S/C6H7ClN2.H2O/c7-5-2-1-3-6(4-5)9-8;/h1-4,9H,8H2;1H2. The monoisotopic (exact) mass is 160 g/mol. The van der Waals surface area contributed by atoms with E-state index in [0.29, 0.717) is 5.02 Å². The molecule has 0 atom stereocenters. The molecule has 1 rings (SSSR count). The highest BCUT2D eigenvalue weighted by Crippen LogP contribution is 2.12. The maximum atomic E-state index is 5.63. The molecule has 0 aromatic heterocycles. The molecule has 1 aromatic rings. The molecular formula is C6H9ClN2O. The molecule has 0 amide bonds. The Kier molecular flexibility index (Phi) is 3.79. The number of nitrogens with two attached hydrogens (primary N) is 1. The average Bonchev–Trinajstić information content (AvgIpc) is 1.88. The van der Waals surface area contributed by atoms with Crippen molar-refractivity contribution in [1.82, 2.24) is 0 Å². The van der Waals surface area contributed by atoms with Gasteiger partial charge in [-0.15, -0.1) is 0 Å². The number of halogens is 1. The first-order chi connectivity index (χ1) is 4.33. The number of benzene rings is 1. The van der Waals surface area contributed by atoms with Gasteiger partial charge in [0, 0.05) is 10.7 Å². The largest absolute Gasteiger partial charge is 0.412 e. The van der Waals surface area contributed by atoms with Crippen molar-refractivity contribution in [3.05, 3.63) is 29.3 Å². The molecule has 0 bridgehead atoms. The quantitative estimate of drug-likeness (QED) is 0.471. The van der Waals surface area contributed by atoms with Crippen LogP contribution in [-0.4, -0.2) is 5.48 Å². The maximum Gasteiger partial charge on any atom is 0.0499 e. The molecule has 0 unspecified atom stereocenters. The summed E-state index contributed by atoms with van der Waals surface area (Å²) in [5.74, 6) is 5.11. The van der Waals surface area contributed by atoms with E-state index in [1.165, 1.54) is 0 Å². The van der Waals surface area contributed by atoms with Gasteiger partial charge in [0.2, 0.25) is 0 Å². The van der Waals surface area contributed by atoms with E-state index in [2.05, 4.69) is 5.43 Å². The van der Waals surface area contributed by atoms with Gasteiger partial charge in [-0.05, 0) is 18.2 Å². The fourth-order valence-corrected chi connectivity index (χ4v) is 0.769. The number of nitrogens with one attached hydrogen (secondary N) is 1. The van der Waals surface area contributed by atoms with Gasteiger partial charge >= 0.3 is 0 Å². The predicted octanol–water partition coefficient (Wildman–Crippen LogP) is 0.801. The van der Waals surface area contributed by atoms with Gasteiger partial charge in [0.1, 0.15) is 0 Å². The zero-order valence-electron chi connectivity index (χ0n) is 5.26. The number of hydrazine groups is 1. The van der Waals surface area contributed by atoms with E-state index in [9.17, 15) is 0 Å². The third-order valence-corrected chi connectivity index (χ3v) is 1.23. The van der Waals surface area contributed by atoms with E-state index in [1.807, 2.05) is 12.1 Å². The van der Waals surface area contributed by atoms with E-state index in [-0.39, 0.29) is 5.48 Å². The summed E-state index contributed by atoms with van der Waals surface area (Å²) < 4.78 is 0. The molecule has 56 valence electrons. The highest BCUT2D eigenvalue weighted by Gasteiger charge is 1.87. The van der Waals surface area contributed by atoms with Crippen LogP contribution in [0.1, 0.15) is 0 Å². The molecule has 4 heteroatoms. The lowest BCUT2D eigenvalue weighted by Crippen LogP contribution is -2.05. The fourth-order valence-electron chi connectivity index (χ4n) is 0.578. The number of rotatable bonds is 1. The first-order valence-electron chi connectivity index (χ1n) is 2.55. The lowest BCUT2D eigenvalue weighted by molar-refractivity contribution is 0.824. The topological polar surface area (TPSA) is 69.5 Å². The van der Waals surface area contributed by atoms with Crippen LogP contribution in [-0.2, 0) is 0 Å². The summed E-state index contributed by atoms with van der Waals surface area (Å²) in [5.41, 5.74) is 3.31. The van der Waals surface area contributed by atoms with Gasteiger partial charge in [0.05, 0.1) is 0 Å². The van der Waals surface area contributed by atoms with Crippen LogP contribution in [0.15, 0.2) is 24.3 Å². The van der Waals surface area contributed by atoms with Crippen LogP contribution in [0.3, 0.4) is 0 Å². The molecule has 1 aromatic carbocycles. The van der Waals surface area contributed by atoms with Crippen LogP contribution in [0.25, 0.3) is 0 Å². The van der Waals surface area contributed by atoms with Crippen LogP contribution in [0, 0.1) is 0 Å². The normalized spacial score (nSPS) is 8.20. The predicted molar refractivity (Wildman–Crippen MR) is 42.9 cm³/mol. The Balaban J connectivity index is 0.000000810. The molecule has 0 radical (unpaired) electrons. The first kappa shape index (κ1) is 9.23. The van der Waals surface area contributed by atoms with Gasteiger partial charge < -0.3 is 10.9 Å². The van der Waals surface area contributed by atoms with Gasteiger partial charge in [-0.2, -0.15) is 0 Å². The summed E-state index contributed by atoms with van der Waals surface area (Å²) in [7, 11) is 0. The lowest BCUT2D eigenvalue weighted by atomic mass is 10.3. The lowest BCUT2D eigenvalue weighted by Gasteiger charge is -1.96. The fraction of sp³-hybridized carbons (Fsp3) is 0. The minimum Gasteiger partial charge on any atom is -0.412 e. The van der Waals surface area contributed by atoms with Gasteiger partial charge in [0.25, 0.3) is 0 Å². The van der Waals surface area contributed by atoms with E-state index >= 15 is 0 Å². The second-order valence-corrected chi connectivity index (χ2v) is 2.09. The average molecular weight is 161 g/mol. The summed E-state index contributed by atoms with van der Waals surface area (Å²) in [6.07, 6.45) is 0. The van der Waals surface area contributed by atoms with Gasteiger partial charge in [-0.3, -0.25) is 5.84 Å². The molecule has 5 N–H and O–H groups in total. The molecule has 0 fully saturated rings. The Morgan fingerprint density at radius 3 is 2.50 bits per heavy atom. The Hall–Kier alpha value is -0.770. The Morgan fingerprint density at radius 2 is 2.10 bits per heavy atom. The molecular weight excluding hydrogens is 152 g/mol. The number of hydrogen-bond acceptors (Lipinski definition) is 2. The Bertz CT molecular complexity index is 205. The van der Waals surface area contributed by atoms with Crippen LogP contribution in [0.4, 0.5) is 5.69 Å². The minimum atomic E-state index is 0. The zero-order valence-corrected chi connectivity index (χ0v) is 6.02. The highest BCUT2D eigenvalue weighted by atomic mass is 35.5. The number of nitrogen functional groups attached to an aromatic ring is 1. The first-order valence-corrected chi connectivity index (χ1v) is 2.93. The van der Waals surface area contributed by atoms with Crippen molar-refractivity contribution in [3.8, 4) is 0 Å². The second-order valence-electron chi connectivity index (χ2n) is 1.65. The van der Waals surface area contributed by atoms with Crippen molar-refractivity contribution in [1.29, 1.82) is 0 Å². The molecule has 0 heterocycles. The van der Waals surface area contributed by atoms with E-state index in [1.54, 1.807) is 12.1 Å². The van der Waals surface area contributed by atoms with Gasteiger partial charge in [-0.1, -0.05) is 17.7 Å². The second kappa shape index (κ2) is 4.11. The highest BCUT2D eigenvalue weighted by molar-refractivity contribution is 6.30. The summed E-state index contributed by atoms with van der Waals surface area (Å²) in [4.78, 5) is 0. The van der Waals surface area contributed by atoms with E-state index < -0.39 is 0 Å². The number of hydrogen-bond donors (Lipinski definition) is 2. The Labute approximate surface area is 64.1 Å². The summed E-state index contributed by atoms with van der Waals surface area (Å²) in [5, 5.41) is 0.686. The van der Waals surface area contributed by atoms with Crippen LogP contribution < -0.4 is 11.3 Å². The SMILES string of the molecule is NNc1cccc(Cl)c1.O. The minimum absolute atomic E-state index is 0. The third-order valence-electron chi connectivity index (χ3n) is 0.991. The third kappa shape index (κ3) is 2.23. The molecule has 3 nitrogen and oxygen atoms in total. The summed E-state index contributed by atoms with van der Waals surface area (Å²) >= 11 is 5.63. The van der Waals surface area contributed by atoms with Gasteiger partial charge in [0.15, 0.2) is 0 Å². The van der Waals surface area contributed by atoms with Crippen molar-refractivity contribution in [2.24, 2.45) is 5.84 Å². The maximum absolute atomic E-state index is 5.63. The summed E-state index contributed by atoms with van der Waals surface area (Å²) in [6.45, 7) is 0. The molecule has 0 aliphatic rings. The molecule has 0 spiro atoms. The van der Waals surface area contributed by atoms with Crippen molar-refractivity contribution in [2.75, 3.05) is 5.43 Å². The smallest absolute Gasteiger partial charge is 0.0499 e.